The van der Waals surface area contributed by atoms with Crippen LogP contribution < -0.4 is 9.64 Å². The number of phenolic OH excluding ortho intramolecular Hbond substituents is 1. The van der Waals surface area contributed by atoms with Gasteiger partial charge in [0.1, 0.15) is 6.10 Å². The molecule has 1 aromatic heterocycles. The number of ether oxygens (including phenoxy) is 2. The average molecular weight is 491 g/mol. The first-order valence-electron chi connectivity index (χ1n) is 12.0. The Bertz CT molecular complexity index is 1390. The number of phenols is 1. The van der Waals surface area contributed by atoms with Crippen molar-refractivity contribution >= 4 is 38.4 Å². The predicted molar refractivity (Wildman–Crippen MR) is 133 cm³/mol. The topological polar surface area (TPSA) is 89.0 Å². The molecular formula is C27H26N2O5S. The fourth-order valence-corrected chi connectivity index (χ4v) is 6.56. The quantitative estimate of drug-likeness (QED) is 0.549. The number of nitrogens with zero attached hydrogens (tertiary/aromatic N) is 2. The Balaban J connectivity index is 1.52. The number of anilines is 1. The standard InChI is InChI=1S/C27H26N2O5S/c1-3-14-8-10-17-21(12-14)35-27(28-17)29-23(15-9-11-18(30)20(13-15)33-2)22-24(31)16-6-4-5-7-19(16)34-25(22)26(29)32/h8-13,16,19,23,30H,3-7H2,1-2H3. The molecule has 3 unspecified atom stereocenters. The van der Waals surface area contributed by atoms with Crippen LogP contribution in [0.1, 0.15) is 49.8 Å². The van der Waals surface area contributed by atoms with Crippen molar-refractivity contribution in [3.05, 3.63) is 58.9 Å². The van der Waals surface area contributed by atoms with Gasteiger partial charge in [-0.05, 0) is 61.1 Å². The van der Waals surface area contributed by atoms with E-state index in [9.17, 15) is 14.7 Å². The molecule has 6 rings (SSSR count). The van der Waals surface area contributed by atoms with E-state index >= 15 is 0 Å². The van der Waals surface area contributed by atoms with Crippen molar-refractivity contribution in [3.63, 3.8) is 0 Å². The molecular weight excluding hydrogens is 464 g/mol. The molecule has 0 saturated heterocycles. The van der Waals surface area contributed by atoms with E-state index in [1.165, 1.54) is 30.1 Å². The zero-order chi connectivity index (χ0) is 24.3. The van der Waals surface area contributed by atoms with Gasteiger partial charge < -0.3 is 14.6 Å². The summed E-state index contributed by atoms with van der Waals surface area (Å²) < 4.78 is 12.6. The summed E-state index contributed by atoms with van der Waals surface area (Å²) in [5.74, 6) is -0.183. The number of methoxy groups -OCH3 is 1. The minimum atomic E-state index is -0.700. The van der Waals surface area contributed by atoms with Gasteiger partial charge in [0.2, 0.25) is 0 Å². The number of ketones is 1. The van der Waals surface area contributed by atoms with Crippen LogP contribution in [0.2, 0.25) is 0 Å². The van der Waals surface area contributed by atoms with Gasteiger partial charge in [-0.15, -0.1) is 0 Å². The van der Waals surface area contributed by atoms with Crippen LogP contribution in [-0.2, 0) is 20.7 Å². The lowest BCUT2D eigenvalue weighted by Gasteiger charge is -2.35. The lowest BCUT2D eigenvalue weighted by atomic mass is 9.77. The third kappa shape index (κ3) is 3.42. The first-order valence-corrected chi connectivity index (χ1v) is 12.9. The number of fused-ring (bicyclic) bond motifs is 2. The Morgan fingerprint density at radius 1 is 1.17 bits per heavy atom. The highest BCUT2D eigenvalue weighted by molar-refractivity contribution is 7.22. The molecule has 0 bridgehead atoms. The van der Waals surface area contributed by atoms with E-state index in [0.717, 1.165) is 42.3 Å². The second-order valence-electron chi connectivity index (χ2n) is 9.32. The second-order valence-corrected chi connectivity index (χ2v) is 10.3. The molecule has 3 atom stereocenters. The SMILES string of the molecule is CCc1ccc2nc(N3C(=O)C4=C(C(=O)C5CCCCC5O4)C3c3ccc(O)c(OC)c3)sc2c1. The summed E-state index contributed by atoms with van der Waals surface area (Å²) in [6.07, 6.45) is 4.16. The zero-order valence-corrected chi connectivity index (χ0v) is 20.4. The highest BCUT2D eigenvalue weighted by Gasteiger charge is 2.53. The minimum absolute atomic E-state index is 0.00743. The van der Waals surface area contributed by atoms with Crippen molar-refractivity contribution in [1.29, 1.82) is 0 Å². The van der Waals surface area contributed by atoms with Crippen molar-refractivity contribution < 1.29 is 24.2 Å². The van der Waals surface area contributed by atoms with Gasteiger partial charge >= 0.3 is 0 Å². The van der Waals surface area contributed by atoms with Crippen molar-refractivity contribution in [3.8, 4) is 11.5 Å². The highest BCUT2D eigenvalue weighted by Crippen LogP contribution is 2.50. The summed E-state index contributed by atoms with van der Waals surface area (Å²) in [4.78, 5) is 34.0. The molecule has 1 saturated carbocycles. The van der Waals surface area contributed by atoms with Crippen LogP contribution >= 0.6 is 11.3 Å². The zero-order valence-electron chi connectivity index (χ0n) is 19.6. The fraction of sp³-hybridized carbons (Fsp3) is 0.370. The molecule has 8 heteroatoms. The minimum Gasteiger partial charge on any atom is -0.504 e. The number of amides is 1. The summed E-state index contributed by atoms with van der Waals surface area (Å²) in [6, 6.07) is 10.3. The van der Waals surface area contributed by atoms with Crippen LogP contribution in [0.3, 0.4) is 0 Å². The molecule has 0 radical (unpaired) electrons. The van der Waals surface area contributed by atoms with Gasteiger partial charge in [0.05, 0.1) is 34.9 Å². The molecule has 3 heterocycles. The van der Waals surface area contributed by atoms with Gasteiger partial charge in [0.25, 0.3) is 5.91 Å². The largest absolute Gasteiger partial charge is 0.504 e. The number of aromatic nitrogens is 1. The van der Waals surface area contributed by atoms with Crippen LogP contribution in [0.4, 0.5) is 5.13 Å². The lowest BCUT2D eigenvalue weighted by molar-refractivity contribution is -0.131. The Morgan fingerprint density at radius 2 is 2.00 bits per heavy atom. The number of aromatic hydroxyl groups is 1. The molecule has 2 aromatic carbocycles. The molecule has 3 aliphatic rings. The van der Waals surface area contributed by atoms with E-state index in [1.807, 2.05) is 12.1 Å². The summed E-state index contributed by atoms with van der Waals surface area (Å²) in [7, 11) is 1.47. The lowest BCUT2D eigenvalue weighted by Crippen LogP contribution is -2.39. The number of carbonyl (C=O) groups is 2. The van der Waals surface area contributed by atoms with E-state index in [-0.39, 0.29) is 41.0 Å². The maximum absolute atomic E-state index is 13.8. The van der Waals surface area contributed by atoms with E-state index in [1.54, 1.807) is 17.0 Å². The van der Waals surface area contributed by atoms with Crippen LogP contribution in [0.25, 0.3) is 10.2 Å². The van der Waals surface area contributed by atoms with Gasteiger partial charge in [-0.3, -0.25) is 14.5 Å². The maximum atomic E-state index is 13.8. The summed E-state index contributed by atoms with van der Waals surface area (Å²) in [5, 5.41) is 10.7. The van der Waals surface area contributed by atoms with E-state index in [2.05, 4.69) is 13.0 Å². The molecule has 1 N–H and O–H groups in total. The Hall–Kier alpha value is -3.39. The Morgan fingerprint density at radius 3 is 2.80 bits per heavy atom. The predicted octanol–water partition coefficient (Wildman–Crippen LogP) is 5.07. The Kier molecular flexibility index (Phi) is 5.29. The van der Waals surface area contributed by atoms with E-state index < -0.39 is 6.04 Å². The summed E-state index contributed by atoms with van der Waals surface area (Å²) >= 11 is 1.43. The van der Waals surface area contributed by atoms with Crippen molar-refractivity contribution in [1.82, 2.24) is 4.98 Å². The maximum Gasteiger partial charge on any atom is 0.296 e. The molecule has 180 valence electrons. The van der Waals surface area contributed by atoms with Gasteiger partial charge in [-0.25, -0.2) is 4.98 Å². The van der Waals surface area contributed by atoms with Crippen LogP contribution in [-0.4, -0.2) is 35.0 Å². The normalized spacial score (nSPS) is 23.9. The monoisotopic (exact) mass is 490 g/mol. The number of carbonyl (C=O) groups excluding carboxylic acids is 2. The number of hydrogen-bond donors (Lipinski definition) is 1. The number of thiazole rings is 1. The third-order valence-electron chi connectivity index (χ3n) is 7.34. The van der Waals surface area contributed by atoms with Gasteiger partial charge in [0.15, 0.2) is 28.2 Å². The van der Waals surface area contributed by atoms with E-state index in [0.29, 0.717) is 16.3 Å². The summed E-state index contributed by atoms with van der Waals surface area (Å²) in [5.41, 5.74) is 3.06. The van der Waals surface area contributed by atoms with Crippen molar-refractivity contribution in [2.75, 3.05) is 12.0 Å². The van der Waals surface area contributed by atoms with Gasteiger partial charge in [-0.1, -0.05) is 36.8 Å². The highest BCUT2D eigenvalue weighted by atomic mass is 32.1. The molecule has 7 nitrogen and oxygen atoms in total. The molecule has 0 spiro atoms. The first-order chi connectivity index (χ1) is 17.0. The van der Waals surface area contributed by atoms with Crippen LogP contribution in [0.15, 0.2) is 47.7 Å². The smallest absolute Gasteiger partial charge is 0.296 e. The molecule has 1 amide bonds. The third-order valence-corrected chi connectivity index (χ3v) is 8.36. The van der Waals surface area contributed by atoms with Crippen LogP contribution in [0.5, 0.6) is 11.5 Å². The number of hydrogen-bond acceptors (Lipinski definition) is 7. The van der Waals surface area contributed by atoms with E-state index in [4.69, 9.17) is 14.5 Å². The number of aryl methyl sites for hydroxylation is 1. The number of benzene rings is 2. The van der Waals surface area contributed by atoms with Crippen molar-refractivity contribution in [2.45, 2.75) is 51.2 Å². The fourth-order valence-electron chi connectivity index (χ4n) is 5.50. The van der Waals surface area contributed by atoms with Crippen molar-refractivity contribution in [2.24, 2.45) is 5.92 Å². The molecule has 1 fully saturated rings. The second kappa shape index (κ2) is 8.37. The summed E-state index contributed by atoms with van der Waals surface area (Å²) in [6.45, 7) is 2.10. The van der Waals surface area contributed by atoms with Crippen LogP contribution in [0, 0.1) is 5.92 Å². The van der Waals surface area contributed by atoms with Gasteiger partial charge in [-0.2, -0.15) is 0 Å². The van der Waals surface area contributed by atoms with Gasteiger partial charge in [0, 0.05) is 0 Å². The first kappa shape index (κ1) is 22.1. The molecule has 2 aliphatic heterocycles. The Labute approximate surface area is 207 Å². The molecule has 3 aromatic rings. The molecule has 35 heavy (non-hydrogen) atoms. The number of rotatable bonds is 4. The average Bonchev–Trinajstić information content (AvgIpc) is 3.42. The number of Topliss-reactive ketones (excluding diaryl/α,β-unsaturated/α-hetero) is 1. The molecule has 1 aliphatic carbocycles.